The Kier molecular flexibility index (Phi) is 7.98. The van der Waals surface area contributed by atoms with Crippen LogP contribution in [0.5, 0.6) is 0 Å². The Morgan fingerprint density at radius 2 is 1.68 bits per heavy atom. The fraction of sp³-hybridized carbons (Fsp3) is 0.300. The lowest BCUT2D eigenvalue weighted by atomic mass is 9.91. The van der Waals surface area contributed by atoms with Crippen LogP contribution < -0.4 is 0 Å². The van der Waals surface area contributed by atoms with Crippen molar-refractivity contribution in [1.82, 2.24) is 19.7 Å². The highest BCUT2D eigenvalue weighted by atomic mass is 35.5. The summed E-state index contributed by atoms with van der Waals surface area (Å²) in [4.78, 5) is 34.1. The van der Waals surface area contributed by atoms with Crippen LogP contribution in [0, 0.1) is 0 Å². The van der Waals surface area contributed by atoms with Crippen LogP contribution >= 0.6 is 11.6 Å². The summed E-state index contributed by atoms with van der Waals surface area (Å²) in [7, 11) is 0. The number of halogens is 1. The Hall–Kier alpha value is -3.64. The Morgan fingerprint density at radius 3 is 2.32 bits per heavy atom. The highest BCUT2D eigenvalue weighted by Gasteiger charge is 2.23. The molecular weight excluding hydrogens is 484 g/mol. The van der Waals surface area contributed by atoms with Crippen molar-refractivity contribution in [3.8, 4) is 5.69 Å². The molecule has 1 atom stereocenters. The lowest BCUT2D eigenvalue weighted by molar-refractivity contribution is -0.120. The maximum Gasteiger partial charge on any atom is 0.204 e. The Bertz CT molecular complexity index is 1390. The quantitative estimate of drug-likeness (QED) is 0.243. The first-order valence-corrected chi connectivity index (χ1v) is 12.8. The van der Waals surface area contributed by atoms with Crippen LogP contribution in [0.4, 0.5) is 0 Å². The number of rotatable bonds is 9. The normalized spacial score (nSPS) is 12.4. The summed E-state index contributed by atoms with van der Waals surface area (Å²) in [6.07, 6.45) is 4.29. The molecule has 0 aliphatic heterocycles. The molecule has 0 spiro atoms. The summed E-state index contributed by atoms with van der Waals surface area (Å²) < 4.78 is 1.88. The van der Waals surface area contributed by atoms with Crippen LogP contribution in [-0.2, 0) is 23.1 Å². The molecule has 0 N–H and O–H groups in total. The van der Waals surface area contributed by atoms with Crippen molar-refractivity contribution >= 4 is 23.2 Å². The molecule has 0 aliphatic carbocycles. The second kappa shape index (κ2) is 11.2. The average Bonchev–Trinajstić information content (AvgIpc) is 3.32. The van der Waals surface area contributed by atoms with Gasteiger partial charge in [0.05, 0.1) is 11.4 Å². The van der Waals surface area contributed by atoms with E-state index >= 15 is 0 Å². The Balaban J connectivity index is 1.45. The first kappa shape index (κ1) is 26.4. The number of hydrogen-bond donors (Lipinski definition) is 0. The molecule has 0 aliphatic rings. The topological polar surface area (TPSA) is 77.7 Å². The first-order chi connectivity index (χ1) is 17.6. The molecular formula is C30H31ClN4O2. The summed E-state index contributed by atoms with van der Waals surface area (Å²) in [5.41, 5.74) is 4.24. The van der Waals surface area contributed by atoms with E-state index in [-0.39, 0.29) is 35.1 Å². The minimum Gasteiger partial charge on any atom is -0.299 e. The third-order valence-electron chi connectivity index (χ3n) is 6.34. The second-order valence-electron chi connectivity index (χ2n) is 10.3. The molecule has 7 heteroatoms. The van der Waals surface area contributed by atoms with Gasteiger partial charge in [-0.2, -0.15) is 5.10 Å². The van der Waals surface area contributed by atoms with Crippen LogP contribution in [-0.4, -0.2) is 31.3 Å². The van der Waals surface area contributed by atoms with Crippen molar-refractivity contribution in [1.29, 1.82) is 0 Å². The van der Waals surface area contributed by atoms with Gasteiger partial charge in [-0.15, -0.1) is 0 Å². The smallest absolute Gasteiger partial charge is 0.204 e. The third kappa shape index (κ3) is 6.57. The van der Waals surface area contributed by atoms with Crippen molar-refractivity contribution in [2.75, 3.05) is 0 Å². The number of carbonyl (C=O) groups excluding carboxylic acids is 2. The molecule has 4 aromatic rings. The fourth-order valence-electron chi connectivity index (χ4n) is 4.02. The largest absolute Gasteiger partial charge is 0.299 e. The third-order valence-corrected chi connectivity index (χ3v) is 6.58. The molecule has 2 aromatic heterocycles. The number of carbonyl (C=O) groups is 2. The predicted octanol–water partition coefficient (Wildman–Crippen LogP) is 6.34. The molecule has 0 fully saturated rings. The summed E-state index contributed by atoms with van der Waals surface area (Å²) in [6.45, 7) is 8.19. The minimum atomic E-state index is -0.386. The van der Waals surface area contributed by atoms with E-state index in [9.17, 15) is 9.59 Å². The average molecular weight is 515 g/mol. The zero-order valence-electron chi connectivity index (χ0n) is 21.6. The van der Waals surface area contributed by atoms with Crippen LogP contribution in [0.3, 0.4) is 0 Å². The number of ketones is 2. The number of benzene rings is 2. The number of hydrogen-bond acceptors (Lipinski definition) is 5. The number of aromatic nitrogens is 4. The predicted molar refractivity (Wildman–Crippen MR) is 146 cm³/mol. The van der Waals surface area contributed by atoms with Gasteiger partial charge in [-0.3, -0.25) is 9.59 Å². The molecule has 0 saturated heterocycles. The maximum absolute atomic E-state index is 13.1. The molecule has 0 saturated carbocycles. The van der Waals surface area contributed by atoms with Gasteiger partial charge < -0.3 is 0 Å². The van der Waals surface area contributed by atoms with Crippen molar-refractivity contribution in [3.05, 3.63) is 106 Å². The molecule has 190 valence electrons. The molecule has 1 unspecified atom stereocenters. The van der Waals surface area contributed by atoms with E-state index in [0.717, 1.165) is 22.6 Å². The summed E-state index contributed by atoms with van der Waals surface area (Å²) in [6, 6.07) is 19.1. The molecule has 6 nitrogen and oxygen atoms in total. The summed E-state index contributed by atoms with van der Waals surface area (Å²) in [5.74, 6) is -0.306. The molecule has 0 radical (unpaired) electrons. The van der Waals surface area contributed by atoms with E-state index < -0.39 is 0 Å². The minimum absolute atomic E-state index is 0.0723. The second-order valence-corrected chi connectivity index (χ2v) is 10.7. The standard InChI is InChI=1S/C30H31ClN4O2/c1-20(22-18-32-29(33-19-22)27(37)15-21-9-6-5-7-10-21)26(36)14-13-25-17-28(30(2,3)4)34-35(25)24-12-8-11-23(31)16-24/h5-12,16-20H,13-15H2,1-4H3. The highest BCUT2D eigenvalue weighted by Crippen LogP contribution is 2.26. The number of Topliss-reactive ketones (excluding diaryl/α,β-unsaturated/α-hetero) is 2. The van der Waals surface area contributed by atoms with Gasteiger partial charge in [-0.25, -0.2) is 14.6 Å². The van der Waals surface area contributed by atoms with Crippen molar-refractivity contribution in [2.45, 2.75) is 58.3 Å². The fourth-order valence-corrected chi connectivity index (χ4v) is 4.20. The van der Waals surface area contributed by atoms with Crippen LogP contribution in [0.25, 0.3) is 5.69 Å². The number of nitrogens with zero attached hydrogens (tertiary/aromatic N) is 4. The molecule has 37 heavy (non-hydrogen) atoms. The van der Waals surface area contributed by atoms with E-state index in [2.05, 4.69) is 36.8 Å². The van der Waals surface area contributed by atoms with Gasteiger partial charge in [0.2, 0.25) is 5.78 Å². The highest BCUT2D eigenvalue weighted by molar-refractivity contribution is 6.30. The van der Waals surface area contributed by atoms with Crippen molar-refractivity contribution in [3.63, 3.8) is 0 Å². The van der Waals surface area contributed by atoms with Gasteiger partial charge in [0.15, 0.2) is 5.82 Å². The van der Waals surface area contributed by atoms with Gasteiger partial charge >= 0.3 is 0 Å². The van der Waals surface area contributed by atoms with Crippen LogP contribution in [0.15, 0.2) is 73.1 Å². The Labute approximate surface area is 222 Å². The van der Waals surface area contributed by atoms with E-state index in [1.54, 1.807) is 12.4 Å². The zero-order valence-corrected chi connectivity index (χ0v) is 22.4. The summed E-state index contributed by atoms with van der Waals surface area (Å²) in [5, 5.41) is 5.46. The molecule has 4 rings (SSSR count). The van der Waals surface area contributed by atoms with Crippen molar-refractivity contribution < 1.29 is 9.59 Å². The molecule has 2 aromatic carbocycles. The van der Waals surface area contributed by atoms with E-state index in [0.29, 0.717) is 23.4 Å². The summed E-state index contributed by atoms with van der Waals surface area (Å²) >= 11 is 6.22. The lowest BCUT2D eigenvalue weighted by Crippen LogP contribution is -2.14. The first-order valence-electron chi connectivity index (χ1n) is 12.4. The number of aryl methyl sites for hydroxylation is 1. The van der Waals surface area contributed by atoms with E-state index in [1.807, 2.05) is 66.2 Å². The van der Waals surface area contributed by atoms with Gasteiger partial charge in [0.25, 0.3) is 0 Å². The van der Waals surface area contributed by atoms with Gasteiger partial charge in [0, 0.05) is 47.3 Å². The zero-order chi connectivity index (χ0) is 26.6. The van der Waals surface area contributed by atoms with E-state index in [4.69, 9.17) is 16.7 Å². The van der Waals surface area contributed by atoms with Crippen LogP contribution in [0.1, 0.15) is 73.2 Å². The molecule has 0 bridgehead atoms. The Morgan fingerprint density at radius 1 is 0.973 bits per heavy atom. The maximum atomic E-state index is 13.1. The van der Waals surface area contributed by atoms with Crippen molar-refractivity contribution in [2.24, 2.45) is 0 Å². The van der Waals surface area contributed by atoms with Gasteiger partial charge in [-0.1, -0.05) is 75.7 Å². The lowest BCUT2D eigenvalue weighted by Gasteiger charge is -2.14. The SMILES string of the molecule is CC(C(=O)CCc1cc(C(C)(C)C)nn1-c1cccc(Cl)c1)c1cnc(C(=O)Cc2ccccc2)nc1. The molecule has 0 amide bonds. The van der Waals surface area contributed by atoms with Gasteiger partial charge in [-0.05, 0) is 41.8 Å². The van der Waals surface area contributed by atoms with Gasteiger partial charge in [0.1, 0.15) is 5.78 Å². The monoisotopic (exact) mass is 514 g/mol. The van der Waals surface area contributed by atoms with Crippen LogP contribution in [0.2, 0.25) is 5.02 Å². The van der Waals surface area contributed by atoms with E-state index in [1.165, 1.54) is 0 Å². The molecule has 2 heterocycles.